The highest BCUT2D eigenvalue weighted by Crippen LogP contribution is 2.22. The average molecular weight is 430 g/mol. The third-order valence-corrected chi connectivity index (χ3v) is 5.97. The molecule has 1 amide bonds. The van der Waals surface area contributed by atoms with Gasteiger partial charge in [-0.25, -0.2) is 0 Å². The van der Waals surface area contributed by atoms with Gasteiger partial charge in [0.05, 0.1) is 20.2 Å². The molecule has 1 aliphatic heterocycles. The van der Waals surface area contributed by atoms with Crippen LogP contribution in [0.4, 0.5) is 11.4 Å². The zero-order valence-corrected chi connectivity index (χ0v) is 18.9. The number of carbonyl (C=O) groups excluding carboxylic acids is 1. The molecule has 1 fully saturated rings. The minimum Gasteiger partial charge on any atom is -0.497 e. The summed E-state index contributed by atoms with van der Waals surface area (Å²) >= 11 is 0. The summed E-state index contributed by atoms with van der Waals surface area (Å²) in [5.74, 6) is 1.00. The third-order valence-electron chi connectivity index (χ3n) is 5.97. The van der Waals surface area contributed by atoms with Gasteiger partial charge in [0.25, 0.3) is 0 Å². The van der Waals surface area contributed by atoms with E-state index in [4.69, 9.17) is 4.74 Å². The number of rotatable bonds is 7. The molecule has 5 nitrogen and oxygen atoms in total. The maximum atomic E-state index is 13.4. The van der Waals surface area contributed by atoms with Gasteiger partial charge in [0.15, 0.2) is 0 Å². The van der Waals surface area contributed by atoms with Crippen molar-refractivity contribution in [2.24, 2.45) is 0 Å². The standard InChI is InChI=1S/C27H31N3O2/c1-22-7-6-10-25(19-22)30(20-23-8-4-3-5-9-23)27(31)21-28-15-17-29(18-16-28)24-11-13-26(32-2)14-12-24/h3-14,19H,15-18,20-21H2,1-2H3. The molecule has 0 atom stereocenters. The molecule has 1 saturated heterocycles. The minimum absolute atomic E-state index is 0.136. The van der Waals surface area contributed by atoms with Gasteiger partial charge < -0.3 is 14.5 Å². The van der Waals surface area contributed by atoms with E-state index in [1.54, 1.807) is 7.11 Å². The van der Waals surface area contributed by atoms with Crippen molar-refractivity contribution < 1.29 is 9.53 Å². The van der Waals surface area contributed by atoms with Crippen LogP contribution in [0.5, 0.6) is 5.75 Å². The molecule has 3 aromatic rings. The molecule has 0 N–H and O–H groups in total. The van der Waals surface area contributed by atoms with Crippen molar-refractivity contribution in [2.75, 3.05) is 49.6 Å². The largest absolute Gasteiger partial charge is 0.497 e. The fourth-order valence-corrected chi connectivity index (χ4v) is 4.12. The van der Waals surface area contributed by atoms with E-state index in [1.165, 1.54) is 5.69 Å². The van der Waals surface area contributed by atoms with E-state index in [1.807, 2.05) is 47.4 Å². The average Bonchev–Trinajstić information content (AvgIpc) is 2.84. The zero-order valence-electron chi connectivity index (χ0n) is 18.9. The second-order valence-electron chi connectivity index (χ2n) is 8.27. The van der Waals surface area contributed by atoms with Gasteiger partial charge in [0.2, 0.25) is 5.91 Å². The first kappa shape index (κ1) is 21.9. The lowest BCUT2D eigenvalue weighted by molar-refractivity contribution is -0.120. The Morgan fingerprint density at radius 1 is 0.906 bits per heavy atom. The molecule has 32 heavy (non-hydrogen) atoms. The van der Waals surface area contributed by atoms with Crippen molar-refractivity contribution >= 4 is 17.3 Å². The van der Waals surface area contributed by atoms with Crippen molar-refractivity contribution in [3.05, 3.63) is 90.0 Å². The van der Waals surface area contributed by atoms with Gasteiger partial charge in [0, 0.05) is 37.6 Å². The first-order valence-electron chi connectivity index (χ1n) is 11.1. The van der Waals surface area contributed by atoms with Gasteiger partial charge in [-0.05, 0) is 54.4 Å². The molecule has 4 rings (SSSR count). The van der Waals surface area contributed by atoms with Gasteiger partial charge in [-0.2, -0.15) is 0 Å². The van der Waals surface area contributed by atoms with Crippen LogP contribution in [0.15, 0.2) is 78.9 Å². The Kier molecular flexibility index (Phi) is 7.07. The summed E-state index contributed by atoms with van der Waals surface area (Å²) in [7, 11) is 1.68. The number of ether oxygens (including phenoxy) is 1. The summed E-state index contributed by atoms with van der Waals surface area (Å²) < 4.78 is 5.26. The molecule has 0 saturated carbocycles. The minimum atomic E-state index is 0.136. The van der Waals surface area contributed by atoms with Gasteiger partial charge in [-0.3, -0.25) is 9.69 Å². The van der Waals surface area contributed by atoms with Gasteiger partial charge >= 0.3 is 0 Å². The fraction of sp³-hybridized carbons (Fsp3) is 0.296. The lowest BCUT2D eigenvalue weighted by Gasteiger charge is -2.36. The predicted octanol–water partition coefficient (Wildman–Crippen LogP) is 4.36. The van der Waals surface area contributed by atoms with Crippen LogP contribution in [0.1, 0.15) is 11.1 Å². The van der Waals surface area contributed by atoms with Crippen molar-refractivity contribution in [1.29, 1.82) is 0 Å². The van der Waals surface area contributed by atoms with Crippen LogP contribution in [-0.4, -0.2) is 50.6 Å². The van der Waals surface area contributed by atoms with Crippen LogP contribution in [0.2, 0.25) is 0 Å². The van der Waals surface area contributed by atoms with Crippen LogP contribution in [-0.2, 0) is 11.3 Å². The molecule has 5 heteroatoms. The van der Waals surface area contributed by atoms with E-state index in [-0.39, 0.29) is 5.91 Å². The molecule has 0 spiro atoms. The summed E-state index contributed by atoms with van der Waals surface area (Å²) in [4.78, 5) is 19.9. The molecule has 0 bridgehead atoms. The molecular formula is C27H31N3O2. The van der Waals surface area contributed by atoms with E-state index in [9.17, 15) is 4.79 Å². The molecule has 1 heterocycles. The zero-order chi connectivity index (χ0) is 22.3. The summed E-state index contributed by atoms with van der Waals surface area (Å²) in [6, 6.07) is 26.6. The SMILES string of the molecule is COc1ccc(N2CCN(CC(=O)N(Cc3ccccc3)c3cccc(C)c3)CC2)cc1. The second kappa shape index (κ2) is 10.3. The predicted molar refractivity (Wildman–Crippen MR) is 130 cm³/mol. The van der Waals surface area contributed by atoms with Crippen LogP contribution in [0.3, 0.4) is 0 Å². The summed E-state index contributed by atoms with van der Waals surface area (Å²) in [5.41, 5.74) is 4.44. The monoisotopic (exact) mass is 429 g/mol. The number of piperazine rings is 1. The first-order chi connectivity index (χ1) is 15.6. The molecule has 1 aliphatic rings. The van der Waals surface area contributed by atoms with Crippen LogP contribution < -0.4 is 14.5 Å². The number of nitrogens with zero attached hydrogens (tertiary/aromatic N) is 3. The van der Waals surface area contributed by atoms with Crippen molar-refractivity contribution in [3.63, 3.8) is 0 Å². The maximum absolute atomic E-state index is 13.4. The van der Waals surface area contributed by atoms with E-state index in [0.717, 1.165) is 48.7 Å². The summed E-state index contributed by atoms with van der Waals surface area (Å²) in [6.07, 6.45) is 0. The highest BCUT2D eigenvalue weighted by molar-refractivity contribution is 5.94. The molecule has 0 aliphatic carbocycles. The molecule has 0 aromatic heterocycles. The first-order valence-corrected chi connectivity index (χ1v) is 11.1. The Hall–Kier alpha value is -3.31. The van der Waals surface area contributed by atoms with Gasteiger partial charge in [-0.15, -0.1) is 0 Å². The van der Waals surface area contributed by atoms with Crippen LogP contribution >= 0.6 is 0 Å². The fourth-order valence-electron chi connectivity index (χ4n) is 4.12. The highest BCUT2D eigenvalue weighted by Gasteiger charge is 2.23. The highest BCUT2D eigenvalue weighted by atomic mass is 16.5. The maximum Gasteiger partial charge on any atom is 0.241 e. The number of hydrogen-bond donors (Lipinski definition) is 0. The Balaban J connectivity index is 1.40. The molecular weight excluding hydrogens is 398 g/mol. The number of aryl methyl sites for hydroxylation is 1. The summed E-state index contributed by atoms with van der Waals surface area (Å²) in [5, 5.41) is 0. The van der Waals surface area contributed by atoms with Crippen LogP contribution in [0.25, 0.3) is 0 Å². The van der Waals surface area contributed by atoms with Gasteiger partial charge in [0.1, 0.15) is 5.75 Å². The Bertz CT molecular complexity index is 1010. The van der Waals surface area contributed by atoms with Gasteiger partial charge in [-0.1, -0.05) is 42.5 Å². The Morgan fingerprint density at radius 2 is 1.62 bits per heavy atom. The van der Waals surface area contributed by atoms with E-state index in [0.29, 0.717) is 13.1 Å². The Morgan fingerprint density at radius 3 is 2.28 bits per heavy atom. The van der Waals surface area contributed by atoms with E-state index < -0.39 is 0 Å². The number of benzene rings is 3. The summed E-state index contributed by atoms with van der Waals surface area (Å²) in [6.45, 7) is 6.61. The lowest BCUT2D eigenvalue weighted by atomic mass is 10.1. The molecule has 0 radical (unpaired) electrons. The third kappa shape index (κ3) is 5.48. The van der Waals surface area contributed by atoms with E-state index in [2.05, 4.69) is 53.1 Å². The molecule has 0 unspecified atom stereocenters. The van der Waals surface area contributed by atoms with E-state index >= 15 is 0 Å². The van der Waals surface area contributed by atoms with Crippen molar-refractivity contribution in [1.82, 2.24) is 4.90 Å². The quantitative estimate of drug-likeness (QED) is 0.559. The lowest BCUT2D eigenvalue weighted by Crippen LogP contribution is -2.50. The normalized spacial score (nSPS) is 14.2. The molecule has 3 aromatic carbocycles. The number of methoxy groups -OCH3 is 1. The second-order valence-corrected chi connectivity index (χ2v) is 8.27. The number of carbonyl (C=O) groups is 1. The Labute approximate surface area is 190 Å². The smallest absolute Gasteiger partial charge is 0.241 e. The van der Waals surface area contributed by atoms with Crippen molar-refractivity contribution in [3.8, 4) is 5.75 Å². The topological polar surface area (TPSA) is 36.0 Å². The number of hydrogen-bond acceptors (Lipinski definition) is 4. The van der Waals surface area contributed by atoms with Crippen molar-refractivity contribution in [2.45, 2.75) is 13.5 Å². The number of amides is 1. The number of anilines is 2. The van der Waals surface area contributed by atoms with Crippen LogP contribution in [0, 0.1) is 6.92 Å². The molecule has 166 valence electrons.